The highest BCUT2D eigenvalue weighted by Crippen LogP contribution is 2.58. The highest BCUT2D eigenvalue weighted by molar-refractivity contribution is 8.08. The molecule has 0 heterocycles. The van der Waals surface area contributed by atoms with E-state index in [0.717, 1.165) is 5.75 Å². The van der Waals surface area contributed by atoms with Gasteiger partial charge in [0, 0.05) is 5.75 Å². The fourth-order valence-electron chi connectivity index (χ4n) is 2.55. The first-order chi connectivity index (χ1) is 5.20. The first kappa shape index (κ1) is 8.06. The van der Waals surface area contributed by atoms with Gasteiger partial charge in [-0.25, -0.2) is 4.21 Å². The first-order valence-electron chi connectivity index (χ1n) is 4.25. The van der Waals surface area contributed by atoms with E-state index >= 15 is 0 Å². The molecule has 3 heteroatoms. The zero-order chi connectivity index (χ0) is 7.90. The van der Waals surface area contributed by atoms with Crippen LogP contribution in [0.2, 0.25) is 0 Å². The maximum Gasteiger partial charge on any atom is 0.115 e. The fraction of sp³-hybridized carbons (Fsp3) is 1.00. The second-order valence-corrected chi connectivity index (χ2v) is 6.03. The van der Waals surface area contributed by atoms with Crippen LogP contribution in [-0.2, 0) is 10.0 Å². The van der Waals surface area contributed by atoms with Crippen molar-refractivity contribution in [1.29, 1.82) is 0 Å². The molecule has 2 fully saturated rings. The van der Waals surface area contributed by atoms with E-state index in [1.807, 2.05) is 0 Å². The van der Waals surface area contributed by atoms with Crippen LogP contribution in [0.3, 0.4) is 0 Å². The lowest BCUT2D eigenvalue weighted by atomic mass is 9.52. The molecule has 2 rings (SSSR count). The van der Waals surface area contributed by atoms with E-state index in [1.54, 1.807) is 0 Å². The Morgan fingerprint density at radius 3 is 2.45 bits per heavy atom. The van der Waals surface area contributed by atoms with Crippen molar-refractivity contribution in [2.24, 2.45) is 11.3 Å². The van der Waals surface area contributed by atoms with Crippen molar-refractivity contribution < 1.29 is 4.21 Å². The van der Waals surface area contributed by atoms with E-state index in [-0.39, 0.29) is 0 Å². The zero-order valence-corrected chi connectivity index (χ0v) is 8.09. The first-order valence-corrected chi connectivity index (χ1v) is 6.39. The van der Waals surface area contributed by atoms with Gasteiger partial charge in [-0.3, -0.25) is 0 Å². The Bertz CT molecular complexity index is 181. The number of rotatable bonds is 2. The summed E-state index contributed by atoms with van der Waals surface area (Å²) in [7, 11) is 4.33. The lowest BCUT2D eigenvalue weighted by Crippen LogP contribution is -2.44. The minimum atomic E-state index is -1.08. The van der Waals surface area contributed by atoms with Crippen LogP contribution in [-0.4, -0.2) is 9.96 Å². The van der Waals surface area contributed by atoms with Crippen molar-refractivity contribution in [3.8, 4) is 0 Å². The van der Waals surface area contributed by atoms with Crippen molar-refractivity contribution in [1.82, 2.24) is 0 Å². The summed E-state index contributed by atoms with van der Waals surface area (Å²) in [5, 5.41) is 0. The summed E-state index contributed by atoms with van der Waals surface area (Å²) in [6, 6.07) is 0. The van der Waals surface area contributed by atoms with Crippen LogP contribution in [0, 0.1) is 11.3 Å². The van der Waals surface area contributed by atoms with E-state index < -0.39 is 10.0 Å². The molecule has 0 aromatic carbocycles. The summed E-state index contributed by atoms with van der Waals surface area (Å²) in [4.78, 5) is 0. The van der Waals surface area contributed by atoms with Crippen LogP contribution in [0.4, 0.5) is 0 Å². The van der Waals surface area contributed by atoms with Crippen molar-refractivity contribution in [3.63, 3.8) is 0 Å². The second kappa shape index (κ2) is 2.74. The van der Waals surface area contributed by atoms with Gasteiger partial charge in [0.1, 0.15) is 10.0 Å². The molecule has 64 valence electrons. The Kier molecular flexibility index (Phi) is 2.00. The molecule has 2 aliphatic carbocycles. The molecule has 0 N–H and O–H groups in total. The standard InChI is InChI=1S/C8H13ClOS/c9-11(10)6-7-4-8(5-7)2-1-3-8/h7H,1-6H2. The largest absolute Gasteiger partial charge is 0.243 e. The normalized spacial score (nSPS) is 31.0. The molecular formula is C8H13ClOS. The van der Waals surface area contributed by atoms with E-state index in [4.69, 9.17) is 10.7 Å². The zero-order valence-electron chi connectivity index (χ0n) is 6.51. The third-order valence-electron chi connectivity index (χ3n) is 3.22. The minimum absolute atomic E-state index is 0.675. The molecule has 0 radical (unpaired) electrons. The van der Waals surface area contributed by atoms with Crippen LogP contribution >= 0.6 is 10.7 Å². The van der Waals surface area contributed by atoms with Crippen LogP contribution < -0.4 is 0 Å². The summed E-state index contributed by atoms with van der Waals surface area (Å²) >= 11 is 0. The van der Waals surface area contributed by atoms with Crippen LogP contribution in [0.1, 0.15) is 32.1 Å². The van der Waals surface area contributed by atoms with Gasteiger partial charge in [0.15, 0.2) is 0 Å². The number of hydrogen-bond acceptors (Lipinski definition) is 1. The lowest BCUT2D eigenvalue weighted by Gasteiger charge is -2.54. The van der Waals surface area contributed by atoms with Gasteiger partial charge < -0.3 is 0 Å². The third kappa shape index (κ3) is 1.48. The smallest absolute Gasteiger partial charge is 0.115 e. The fourth-order valence-corrected chi connectivity index (χ4v) is 3.69. The van der Waals surface area contributed by atoms with Gasteiger partial charge in [0.25, 0.3) is 0 Å². The van der Waals surface area contributed by atoms with Gasteiger partial charge in [0.2, 0.25) is 0 Å². The average molecular weight is 193 g/mol. The summed E-state index contributed by atoms with van der Waals surface area (Å²) in [6.45, 7) is 0. The summed E-state index contributed by atoms with van der Waals surface area (Å²) in [5.41, 5.74) is 0.709. The molecule has 1 atom stereocenters. The Balaban J connectivity index is 1.75. The molecule has 1 spiro atoms. The topological polar surface area (TPSA) is 17.1 Å². The van der Waals surface area contributed by atoms with E-state index in [1.165, 1.54) is 32.1 Å². The number of hydrogen-bond donors (Lipinski definition) is 0. The monoisotopic (exact) mass is 192 g/mol. The summed E-state index contributed by atoms with van der Waals surface area (Å²) in [5.74, 6) is 1.40. The molecule has 0 aromatic heterocycles. The predicted octanol–water partition coefficient (Wildman–Crippen LogP) is 2.47. The summed E-state index contributed by atoms with van der Waals surface area (Å²) < 4.78 is 10.6. The molecule has 2 saturated carbocycles. The average Bonchev–Trinajstić information content (AvgIpc) is 1.71. The van der Waals surface area contributed by atoms with Gasteiger partial charge in [0.05, 0.1) is 0 Å². The Hall–Kier alpha value is 0.440. The van der Waals surface area contributed by atoms with Gasteiger partial charge in [-0.1, -0.05) is 6.42 Å². The Morgan fingerprint density at radius 2 is 2.09 bits per heavy atom. The molecule has 0 bridgehead atoms. The van der Waals surface area contributed by atoms with Crippen molar-refractivity contribution in [3.05, 3.63) is 0 Å². The van der Waals surface area contributed by atoms with Crippen molar-refractivity contribution >= 4 is 20.7 Å². The quantitative estimate of drug-likeness (QED) is 0.615. The SMILES string of the molecule is O=S(Cl)CC1CC2(CCC2)C1. The van der Waals surface area contributed by atoms with Crippen LogP contribution in [0.5, 0.6) is 0 Å². The molecule has 11 heavy (non-hydrogen) atoms. The van der Waals surface area contributed by atoms with Gasteiger partial charge in [-0.05, 0) is 47.7 Å². The number of halogens is 1. The minimum Gasteiger partial charge on any atom is -0.243 e. The molecule has 2 aliphatic rings. The predicted molar refractivity (Wildman–Crippen MR) is 47.9 cm³/mol. The Morgan fingerprint density at radius 1 is 1.45 bits per heavy atom. The van der Waals surface area contributed by atoms with Crippen molar-refractivity contribution in [2.45, 2.75) is 32.1 Å². The molecular weight excluding hydrogens is 180 g/mol. The maximum absolute atomic E-state index is 10.6. The molecule has 1 unspecified atom stereocenters. The molecule has 0 saturated heterocycles. The van der Waals surface area contributed by atoms with E-state index in [0.29, 0.717) is 11.3 Å². The van der Waals surface area contributed by atoms with Crippen LogP contribution in [0.15, 0.2) is 0 Å². The Labute approximate surface area is 74.5 Å². The van der Waals surface area contributed by atoms with Gasteiger partial charge >= 0.3 is 0 Å². The third-order valence-corrected chi connectivity index (χ3v) is 4.34. The van der Waals surface area contributed by atoms with Gasteiger partial charge in [-0.2, -0.15) is 0 Å². The second-order valence-electron chi connectivity index (χ2n) is 4.08. The van der Waals surface area contributed by atoms with Gasteiger partial charge in [-0.15, -0.1) is 0 Å². The molecule has 0 aliphatic heterocycles. The molecule has 1 nitrogen and oxygen atoms in total. The van der Waals surface area contributed by atoms with E-state index in [9.17, 15) is 4.21 Å². The highest BCUT2D eigenvalue weighted by Gasteiger charge is 2.47. The summed E-state index contributed by atoms with van der Waals surface area (Å²) in [6.07, 6.45) is 6.84. The molecule has 0 amide bonds. The molecule has 0 aromatic rings. The highest BCUT2D eigenvalue weighted by atomic mass is 35.7. The maximum atomic E-state index is 10.6. The lowest BCUT2D eigenvalue weighted by molar-refractivity contribution is -0.0143. The van der Waals surface area contributed by atoms with Crippen LogP contribution in [0.25, 0.3) is 0 Å². The van der Waals surface area contributed by atoms with E-state index in [2.05, 4.69) is 0 Å². The van der Waals surface area contributed by atoms with Crippen molar-refractivity contribution in [2.75, 3.05) is 5.75 Å².